The van der Waals surface area contributed by atoms with Gasteiger partial charge >= 0.3 is 5.97 Å². The van der Waals surface area contributed by atoms with Crippen LogP contribution in [0.15, 0.2) is 54.7 Å². The van der Waals surface area contributed by atoms with Crippen LogP contribution in [-0.2, 0) is 57.6 Å². The molecular weight excluding hydrogens is 929 g/mol. The number of carbonyl (C=O) groups is 5. The Bertz CT molecular complexity index is 2770. The average Bonchev–Trinajstić information content (AvgIpc) is 4.00. The number of benzene rings is 2. The van der Waals surface area contributed by atoms with Crippen LogP contribution in [0.3, 0.4) is 0 Å². The van der Waals surface area contributed by atoms with E-state index >= 15 is 0 Å². The first-order valence-corrected chi connectivity index (χ1v) is 25.8. The summed E-state index contributed by atoms with van der Waals surface area (Å²) in [6.45, 7) is 16.8. The van der Waals surface area contributed by atoms with E-state index in [1.165, 1.54) is 9.91 Å². The monoisotopic (exact) mass is 1000 g/mol. The molecule has 73 heavy (non-hydrogen) atoms. The molecule has 3 saturated heterocycles. The molecule has 4 aromatic rings. The summed E-state index contributed by atoms with van der Waals surface area (Å²) in [5.41, 5.74) is 9.51. The average molecular weight is 1000 g/mol. The van der Waals surface area contributed by atoms with Gasteiger partial charge < -0.3 is 39.0 Å². The molecule has 2 aromatic heterocycles. The van der Waals surface area contributed by atoms with Crippen LogP contribution in [-0.4, -0.2) is 155 Å². The second kappa shape index (κ2) is 22.8. The number of nitrogens with zero attached hydrogens (tertiary/aromatic N) is 6. The quantitative estimate of drug-likeness (QED) is 0.141. The molecule has 1 unspecified atom stereocenters. The van der Waals surface area contributed by atoms with Crippen molar-refractivity contribution >= 4 is 40.5 Å². The molecule has 17 nitrogen and oxygen atoms in total. The summed E-state index contributed by atoms with van der Waals surface area (Å²) in [5.74, 6) is 2.67. The molecule has 8 rings (SSSR count). The summed E-state index contributed by atoms with van der Waals surface area (Å²) in [7, 11) is 3.26. The molecule has 6 heterocycles. The van der Waals surface area contributed by atoms with Crippen LogP contribution < -0.4 is 10.7 Å². The largest absolute Gasteiger partial charge is 0.508 e. The van der Waals surface area contributed by atoms with Gasteiger partial charge in [0.15, 0.2) is 0 Å². The third kappa shape index (κ3) is 11.9. The van der Waals surface area contributed by atoms with E-state index in [9.17, 15) is 29.1 Å². The molecule has 390 valence electrons. The van der Waals surface area contributed by atoms with E-state index in [-0.39, 0.29) is 55.7 Å². The predicted octanol–water partition coefficient (Wildman–Crippen LogP) is 5.12. The number of aromatic hydroxyl groups is 1. The van der Waals surface area contributed by atoms with Crippen molar-refractivity contribution in [2.75, 3.05) is 73.2 Å². The molecule has 6 bridgehead atoms. The maximum atomic E-state index is 14.8. The molecule has 0 radical (unpaired) electrons. The highest BCUT2D eigenvalue weighted by Crippen LogP contribution is 2.42. The summed E-state index contributed by atoms with van der Waals surface area (Å²) in [4.78, 5) is 80.8. The number of phenols is 1. The van der Waals surface area contributed by atoms with E-state index in [1.807, 2.05) is 39.0 Å². The van der Waals surface area contributed by atoms with Crippen LogP contribution in [0.5, 0.6) is 5.75 Å². The number of hydrogen-bond donors (Lipinski definition) is 3. The number of likely N-dealkylation sites (N-methyl/N-ethyl adjacent to an activating group) is 1. The predicted molar refractivity (Wildman–Crippen MR) is 276 cm³/mol. The summed E-state index contributed by atoms with van der Waals surface area (Å²) in [6.07, 6.45) is 3.36. The molecular formula is C56H72N8O9. The van der Waals surface area contributed by atoms with Crippen molar-refractivity contribution in [2.24, 2.45) is 17.3 Å². The summed E-state index contributed by atoms with van der Waals surface area (Å²) < 4.78 is 19.6. The zero-order chi connectivity index (χ0) is 52.1. The standard InChI is InChI=1S/C56H72N8O9/c1-9-63-47-17-16-38-31-43(47)44(51(63)42-13-10-19-57-49(42)36(4)71-8)32-56(5,6)34-73-55(70)45-14-11-21-64(59-45)54(69)46(29-37-27-40(38)30-41(65)28-37)58-52(67)50(35(2)3)60(7)53(68)39-18-22-62(33-39)48(66)15-12-20-61-23-25-72-26-24-61/h10,13,16-17,19,27-28,30-31,35-36,39,45-46,50,59,65H,9,11,14,18,20-26,29,32-34H2,1-8H3,(H,58,67)/t36-,39?,45-,46-,50-/m0/s1. The van der Waals surface area contributed by atoms with E-state index in [0.29, 0.717) is 69.7 Å². The van der Waals surface area contributed by atoms with E-state index in [2.05, 4.69) is 71.0 Å². The molecule has 17 heteroatoms. The number of hydrazine groups is 1. The first-order chi connectivity index (χ1) is 35.0. The van der Waals surface area contributed by atoms with Gasteiger partial charge in [-0.1, -0.05) is 45.7 Å². The Morgan fingerprint density at radius 1 is 1.03 bits per heavy atom. The second-order valence-electron chi connectivity index (χ2n) is 21.1. The maximum absolute atomic E-state index is 14.8. The number of rotatable bonds is 10. The highest BCUT2D eigenvalue weighted by Gasteiger charge is 2.40. The number of carbonyl (C=O) groups excluding carboxylic acids is 5. The van der Waals surface area contributed by atoms with Crippen molar-refractivity contribution in [3.63, 3.8) is 0 Å². The molecule has 4 aliphatic rings. The maximum Gasteiger partial charge on any atom is 0.324 e. The number of hydrogen-bond acceptors (Lipinski definition) is 12. The fourth-order valence-electron chi connectivity index (χ4n) is 10.9. The highest BCUT2D eigenvalue weighted by molar-refractivity contribution is 5.97. The van der Waals surface area contributed by atoms with Crippen molar-refractivity contribution in [1.82, 2.24) is 40.0 Å². The Hall–Kier alpha value is -6.32. The Balaban J connectivity index is 1.11. The first-order valence-electron chi connectivity index (χ1n) is 25.8. The Labute approximate surface area is 428 Å². The number of likely N-dealkylation sites (tertiary alicyclic amines) is 1. The SMILES string of the molecule is CCn1c(-c2cccnc2[C@H](C)OC)c2c3cc(ccc31)-c1cc(O)cc(c1)C[C@H](NC(=O)[C@H](C(C)C)N(C)C(=O)C1CCN(C(=O)C#CCN3CCOCC3)C1)C(=O)N1CCC[C@H](N1)C(=O)OCC(C)(C)C2. The number of amides is 4. The van der Waals surface area contributed by atoms with E-state index < -0.39 is 47.2 Å². The molecule has 0 spiro atoms. The van der Waals surface area contributed by atoms with Gasteiger partial charge in [-0.15, -0.1) is 0 Å². The fourth-order valence-corrected chi connectivity index (χ4v) is 10.9. The van der Waals surface area contributed by atoms with Crippen molar-refractivity contribution in [3.8, 4) is 40.0 Å². The Kier molecular flexibility index (Phi) is 16.6. The minimum Gasteiger partial charge on any atom is -0.508 e. The molecule has 5 atom stereocenters. The molecule has 0 saturated carbocycles. The van der Waals surface area contributed by atoms with Crippen LogP contribution >= 0.6 is 0 Å². The number of aromatic nitrogens is 2. The van der Waals surface area contributed by atoms with Crippen LogP contribution in [0.1, 0.15) is 83.7 Å². The number of esters is 1. The lowest BCUT2D eigenvalue weighted by Gasteiger charge is -2.37. The topological polar surface area (TPSA) is 188 Å². The lowest BCUT2D eigenvalue weighted by Crippen LogP contribution is -2.62. The number of aryl methyl sites for hydroxylation is 1. The first kappa shape index (κ1) is 53.0. The molecule has 3 N–H and O–H groups in total. The van der Waals surface area contributed by atoms with Crippen molar-refractivity contribution < 1.29 is 43.3 Å². The number of fused-ring (bicyclic) bond motifs is 6. The molecule has 4 aliphatic heterocycles. The van der Waals surface area contributed by atoms with E-state index in [4.69, 9.17) is 19.2 Å². The highest BCUT2D eigenvalue weighted by atomic mass is 16.5. The number of ether oxygens (including phenoxy) is 3. The van der Waals surface area contributed by atoms with E-state index in [0.717, 1.165) is 52.1 Å². The number of methoxy groups -OCH3 is 1. The number of nitrogens with one attached hydrogen (secondary N) is 2. The Morgan fingerprint density at radius 2 is 1.81 bits per heavy atom. The van der Waals surface area contributed by atoms with Gasteiger partial charge in [0.05, 0.1) is 49.8 Å². The van der Waals surface area contributed by atoms with Gasteiger partial charge in [0.25, 0.3) is 11.8 Å². The van der Waals surface area contributed by atoms with Gasteiger partial charge in [-0.3, -0.25) is 38.9 Å². The molecule has 0 aliphatic carbocycles. The zero-order valence-corrected chi connectivity index (χ0v) is 43.7. The van der Waals surface area contributed by atoms with Gasteiger partial charge in [-0.2, -0.15) is 0 Å². The number of pyridine rings is 1. The van der Waals surface area contributed by atoms with Crippen molar-refractivity contribution in [3.05, 3.63) is 71.5 Å². The zero-order valence-electron chi connectivity index (χ0n) is 43.7. The molecule has 4 amide bonds. The number of phenolic OH excluding ortho intramolecular Hbond substituents is 1. The number of cyclic esters (lactones) is 1. The number of morpholine rings is 1. The second-order valence-corrected chi connectivity index (χ2v) is 21.1. The fraction of sp³-hybridized carbons (Fsp3) is 0.536. The summed E-state index contributed by atoms with van der Waals surface area (Å²) >= 11 is 0. The van der Waals surface area contributed by atoms with Crippen LogP contribution in [0.25, 0.3) is 33.3 Å². The summed E-state index contributed by atoms with van der Waals surface area (Å²) in [6, 6.07) is 12.5. The van der Waals surface area contributed by atoms with Crippen molar-refractivity contribution in [1.29, 1.82) is 0 Å². The minimum atomic E-state index is -1.18. The third-order valence-electron chi connectivity index (χ3n) is 14.8. The van der Waals surface area contributed by atoms with Gasteiger partial charge in [0.1, 0.15) is 23.9 Å². The van der Waals surface area contributed by atoms with Crippen LogP contribution in [0.2, 0.25) is 0 Å². The molecule has 2 aromatic carbocycles. The Morgan fingerprint density at radius 3 is 2.55 bits per heavy atom. The van der Waals surface area contributed by atoms with Gasteiger partial charge in [0.2, 0.25) is 11.8 Å². The minimum absolute atomic E-state index is 0.0160. The van der Waals surface area contributed by atoms with Gasteiger partial charge in [-0.05, 0) is 110 Å². The third-order valence-corrected chi connectivity index (χ3v) is 14.8. The lowest BCUT2D eigenvalue weighted by molar-refractivity contribution is -0.155. The molecule has 3 fully saturated rings. The van der Waals surface area contributed by atoms with E-state index in [1.54, 1.807) is 37.4 Å². The summed E-state index contributed by atoms with van der Waals surface area (Å²) in [5, 5.41) is 16.8. The van der Waals surface area contributed by atoms with Gasteiger partial charge in [-0.25, -0.2) is 5.43 Å². The van der Waals surface area contributed by atoms with Crippen LogP contribution in [0.4, 0.5) is 0 Å². The smallest absolute Gasteiger partial charge is 0.324 e. The normalized spacial score (nSPS) is 21.5. The van der Waals surface area contributed by atoms with Crippen LogP contribution in [0, 0.1) is 29.1 Å². The van der Waals surface area contributed by atoms with Crippen molar-refractivity contribution in [2.45, 2.75) is 104 Å². The lowest BCUT2D eigenvalue weighted by atomic mass is 9.84. The van der Waals surface area contributed by atoms with Gasteiger partial charge in [0, 0.05) is 87.9 Å².